The molecule has 17 heavy (non-hydrogen) atoms. The van der Waals surface area contributed by atoms with Gasteiger partial charge < -0.3 is 9.53 Å². The van der Waals surface area contributed by atoms with Gasteiger partial charge in [-0.2, -0.15) is 0 Å². The van der Waals surface area contributed by atoms with Crippen LogP contribution in [0.2, 0.25) is 0 Å². The number of benzene rings is 1. The van der Waals surface area contributed by atoms with Crippen molar-refractivity contribution in [1.82, 2.24) is 4.98 Å². The normalized spacial score (nSPS) is 10.4. The highest BCUT2D eigenvalue weighted by Crippen LogP contribution is 2.19. The molecule has 1 aromatic heterocycles. The predicted octanol–water partition coefficient (Wildman–Crippen LogP) is 2.98. The number of carbonyl (C=O) groups excluding carboxylic acids is 1. The highest BCUT2D eigenvalue weighted by Gasteiger charge is 1.98. The lowest BCUT2D eigenvalue weighted by atomic mass is 10.2. The first kappa shape index (κ1) is 11.6. The minimum Gasteiger partial charge on any atom is -0.494 e. The first-order chi connectivity index (χ1) is 8.25. The smallest absolute Gasteiger partial charge is 0.129 e. The molecule has 88 valence electrons. The Kier molecular flexibility index (Phi) is 3.70. The molecule has 0 unspecified atom stereocenters. The van der Waals surface area contributed by atoms with Crippen LogP contribution in [0.25, 0.3) is 10.9 Å². The van der Waals surface area contributed by atoms with E-state index in [4.69, 9.17) is 4.74 Å². The second kappa shape index (κ2) is 5.43. The number of rotatable bonds is 5. The Balaban J connectivity index is 1.97. The molecule has 0 N–H and O–H groups in total. The maximum atomic E-state index is 10.8. The zero-order valence-electron chi connectivity index (χ0n) is 9.85. The average Bonchev–Trinajstić information content (AvgIpc) is 2.34. The molecule has 2 rings (SSSR count). The molecule has 3 heteroatoms. The van der Waals surface area contributed by atoms with E-state index in [0.29, 0.717) is 13.0 Å². The fourth-order valence-corrected chi connectivity index (χ4v) is 1.65. The molecular weight excluding hydrogens is 214 g/mol. The first-order valence-corrected chi connectivity index (χ1v) is 5.73. The molecule has 0 aliphatic rings. The van der Waals surface area contributed by atoms with Gasteiger partial charge in [-0.05, 0) is 37.6 Å². The standard InChI is InChI=1S/C14H15NO2/c1-11(16)4-3-9-17-13-6-7-14-12(10-13)5-2-8-15-14/h2,5-8,10H,3-4,9H2,1H3. The van der Waals surface area contributed by atoms with Crippen molar-refractivity contribution in [3.63, 3.8) is 0 Å². The van der Waals surface area contributed by atoms with Crippen molar-refractivity contribution >= 4 is 16.7 Å². The SMILES string of the molecule is CC(=O)CCCOc1ccc2ncccc2c1. The second-order valence-electron chi connectivity index (χ2n) is 4.01. The number of carbonyl (C=O) groups is 1. The van der Waals surface area contributed by atoms with E-state index in [2.05, 4.69) is 4.98 Å². The van der Waals surface area contributed by atoms with E-state index in [1.807, 2.05) is 30.3 Å². The van der Waals surface area contributed by atoms with Gasteiger partial charge in [-0.15, -0.1) is 0 Å². The van der Waals surface area contributed by atoms with Crippen molar-refractivity contribution in [2.75, 3.05) is 6.61 Å². The molecule has 3 nitrogen and oxygen atoms in total. The van der Waals surface area contributed by atoms with Crippen molar-refractivity contribution < 1.29 is 9.53 Å². The third kappa shape index (κ3) is 3.28. The average molecular weight is 229 g/mol. The summed E-state index contributed by atoms with van der Waals surface area (Å²) in [5.74, 6) is 1.03. The van der Waals surface area contributed by atoms with E-state index in [1.165, 1.54) is 0 Å². The van der Waals surface area contributed by atoms with Crippen LogP contribution in [0.5, 0.6) is 5.75 Å². The summed E-state index contributed by atoms with van der Waals surface area (Å²) < 4.78 is 5.58. The van der Waals surface area contributed by atoms with Gasteiger partial charge in [-0.1, -0.05) is 6.07 Å². The molecule has 0 aliphatic carbocycles. The van der Waals surface area contributed by atoms with Crippen molar-refractivity contribution in [3.8, 4) is 5.75 Å². The van der Waals surface area contributed by atoms with E-state index >= 15 is 0 Å². The Morgan fingerprint density at radius 1 is 1.35 bits per heavy atom. The molecular formula is C14H15NO2. The second-order valence-corrected chi connectivity index (χ2v) is 4.01. The summed E-state index contributed by atoms with van der Waals surface area (Å²) in [7, 11) is 0. The fourth-order valence-electron chi connectivity index (χ4n) is 1.65. The Morgan fingerprint density at radius 2 is 2.24 bits per heavy atom. The number of pyridine rings is 1. The molecule has 0 aliphatic heterocycles. The highest BCUT2D eigenvalue weighted by atomic mass is 16.5. The van der Waals surface area contributed by atoms with Crippen LogP contribution in [-0.2, 0) is 4.79 Å². The number of ketones is 1. The summed E-state index contributed by atoms with van der Waals surface area (Å²) in [4.78, 5) is 15.0. The van der Waals surface area contributed by atoms with Crippen LogP contribution in [0.3, 0.4) is 0 Å². The molecule has 0 spiro atoms. The molecule has 1 aromatic carbocycles. The first-order valence-electron chi connectivity index (χ1n) is 5.73. The number of fused-ring (bicyclic) bond motifs is 1. The van der Waals surface area contributed by atoms with Gasteiger partial charge in [0.25, 0.3) is 0 Å². The van der Waals surface area contributed by atoms with Gasteiger partial charge in [0, 0.05) is 18.0 Å². The number of hydrogen-bond donors (Lipinski definition) is 0. The van der Waals surface area contributed by atoms with Gasteiger partial charge in [-0.25, -0.2) is 0 Å². The van der Waals surface area contributed by atoms with Crippen molar-refractivity contribution in [2.45, 2.75) is 19.8 Å². The molecule has 1 heterocycles. The van der Waals surface area contributed by atoms with Crippen LogP contribution in [0, 0.1) is 0 Å². The van der Waals surface area contributed by atoms with E-state index in [1.54, 1.807) is 13.1 Å². The number of aromatic nitrogens is 1. The van der Waals surface area contributed by atoms with Crippen molar-refractivity contribution in [2.24, 2.45) is 0 Å². The van der Waals surface area contributed by atoms with E-state index in [9.17, 15) is 4.79 Å². The maximum Gasteiger partial charge on any atom is 0.129 e. The Morgan fingerprint density at radius 3 is 3.06 bits per heavy atom. The highest BCUT2D eigenvalue weighted by molar-refractivity contribution is 5.79. The summed E-state index contributed by atoms with van der Waals surface area (Å²) in [6, 6.07) is 9.72. The lowest BCUT2D eigenvalue weighted by Crippen LogP contribution is -2.00. The molecule has 2 aromatic rings. The topological polar surface area (TPSA) is 39.2 Å². The molecule has 0 saturated heterocycles. The molecule has 0 fully saturated rings. The number of ether oxygens (including phenoxy) is 1. The summed E-state index contributed by atoms with van der Waals surface area (Å²) in [5, 5.41) is 1.07. The van der Waals surface area contributed by atoms with E-state index in [0.717, 1.165) is 23.1 Å². The summed E-state index contributed by atoms with van der Waals surface area (Å²) in [6.07, 6.45) is 3.12. The third-order valence-corrected chi connectivity index (χ3v) is 2.52. The van der Waals surface area contributed by atoms with Gasteiger partial charge in [-0.3, -0.25) is 4.98 Å². The Bertz CT molecular complexity index is 522. The van der Waals surface area contributed by atoms with Gasteiger partial charge in [0.2, 0.25) is 0 Å². The van der Waals surface area contributed by atoms with E-state index < -0.39 is 0 Å². The lowest BCUT2D eigenvalue weighted by molar-refractivity contribution is -0.117. The minimum atomic E-state index is 0.205. The number of nitrogens with zero attached hydrogens (tertiary/aromatic N) is 1. The lowest BCUT2D eigenvalue weighted by Gasteiger charge is -2.06. The van der Waals surface area contributed by atoms with Crippen LogP contribution < -0.4 is 4.74 Å². The van der Waals surface area contributed by atoms with Crippen molar-refractivity contribution in [1.29, 1.82) is 0 Å². The fraction of sp³-hybridized carbons (Fsp3) is 0.286. The largest absolute Gasteiger partial charge is 0.494 e. The number of hydrogen-bond acceptors (Lipinski definition) is 3. The molecule has 0 atom stereocenters. The van der Waals surface area contributed by atoms with Crippen LogP contribution in [0.1, 0.15) is 19.8 Å². The van der Waals surface area contributed by atoms with Gasteiger partial charge in [0.15, 0.2) is 0 Å². The molecule has 0 bridgehead atoms. The zero-order valence-corrected chi connectivity index (χ0v) is 9.85. The number of Topliss-reactive ketones (excluding diaryl/α,β-unsaturated/α-hetero) is 1. The predicted molar refractivity (Wildman–Crippen MR) is 67.2 cm³/mol. The monoisotopic (exact) mass is 229 g/mol. The summed E-state index contributed by atoms with van der Waals surface area (Å²) >= 11 is 0. The third-order valence-electron chi connectivity index (χ3n) is 2.52. The van der Waals surface area contributed by atoms with Crippen LogP contribution in [-0.4, -0.2) is 17.4 Å². The summed E-state index contributed by atoms with van der Waals surface area (Å²) in [5.41, 5.74) is 0.962. The zero-order chi connectivity index (χ0) is 12.1. The molecule has 0 amide bonds. The summed E-state index contributed by atoms with van der Waals surface area (Å²) in [6.45, 7) is 2.17. The molecule has 0 radical (unpaired) electrons. The van der Waals surface area contributed by atoms with Gasteiger partial charge in [0.05, 0.1) is 12.1 Å². The van der Waals surface area contributed by atoms with E-state index in [-0.39, 0.29) is 5.78 Å². The maximum absolute atomic E-state index is 10.8. The van der Waals surface area contributed by atoms with Crippen LogP contribution in [0.15, 0.2) is 36.5 Å². The van der Waals surface area contributed by atoms with Crippen LogP contribution >= 0.6 is 0 Å². The van der Waals surface area contributed by atoms with Crippen LogP contribution in [0.4, 0.5) is 0 Å². The van der Waals surface area contributed by atoms with Gasteiger partial charge >= 0.3 is 0 Å². The molecule has 0 saturated carbocycles. The minimum absolute atomic E-state index is 0.205. The van der Waals surface area contributed by atoms with Crippen molar-refractivity contribution in [3.05, 3.63) is 36.5 Å². The Labute approximate surface area is 100 Å². The Hall–Kier alpha value is -1.90. The quantitative estimate of drug-likeness (QED) is 0.740. The van der Waals surface area contributed by atoms with Gasteiger partial charge in [0.1, 0.15) is 11.5 Å².